The van der Waals surface area contributed by atoms with Crippen LogP contribution < -0.4 is 20.7 Å². The molecule has 8 heteroatoms. The predicted molar refractivity (Wildman–Crippen MR) is 136 cm³/mol. The SMILES string of the molecule is O=C(C[C@@H]1C[C@H]2c3cc(NC(=O)NC4CCCCC4)ccc3O[C@H]2[C@H](CO)O1)NCc1ccccc1. The highest BCUT2D eigenvalue weighted by atomic mass is 16.6. The highest BCUT2D eigenvalue weighted by Crippen LogP contribution is 2.47. The number of aliphatic hydroxyl groups excluding tert-OH is 1. The van der Waals surface area contributed by atoms with Gasteiger partial charge in [-0.1, -0.05) is 49.6 Å². The van der Waals surface area contributed by atoms with E-state index in [1.807, 2.05) is 48.5 Å². The first kappa shape index (κ1) is 24.6. The minimum Gasteiger partial charge on any atom is -0.487 e. The number of carbonyl (C=O) groups is 2. The van der Waals surface area contributed by atoms with Gasteiger partial charge >= 0.3 is 6.03 Å². The van der Waals surface area contributed by atoms with Crippen molar-refractivity contribution in [1.29, 1.82) is 0 Å². The van der Waals surface area contributed by atoms with Gasteiger partial charge in [0.05, 0.1) is 19.1 Å². The maximum Gasteiger partial charge on any atom is 0.319 e. The van der Waals surface area contributed by atoms with E-state index in [0.717, 1.165) is 42.6 Å². The number of rotatable bonds is 7. The topological polar surface area (TPSA) is 109 Å². The van der Waals surface area contributed by atoms with Crippen LogP contribution in [0.25, 0.3) is 0 Å². The van der Waals surface area contributed by atoms with Crippen molar-refractivity contribution in [3.63, 3.8) is 0 Å². The second-order valence-electron chi connectivity index (χ2n) is 10.1. The Labute approximate surface area is 211 Å². The summed E-state index contributed by atoms with van der Waals surface area (Å²) >= 11 is 0. The van der Waals surface area contributed by atoms with E-state index in [2.05, 4.69) is 16.0 Å². The number of fused-ring (bicyclic) bond motifs is 3. The standard InChI is InChI=1S/C28H35N3O5/c32-17-25-27-23(14-21(35-25)15-26(33)29-16-18-7-3-1-4-8-18)22-13-20(11-12-24(22)36-27)31-28(34)30-19-9-5-2-6-10-19/h1,3-4,7-8,11-13,19,21,23,25,27,32H,2,5-6,9-10,14-17H2,(H,29,33)(H2,30,31,34)/t21-,23-,25-,27+/m0/s1. The average Bonchev–Trinajstić information content (AvgIpc) is 3.26. The van der Waals surface area contributed by atoms with E-state index in [-0.39, 0.29) is 49.1 Å². The Morgan fingerprint density at radius 3 is 2.61 bits per heavy atom. The third-order valence-corrected chi connectivity index (χ3v) is 7.44. The zero-order chi connectivity index (χ0) is 24.9. The van der Waals surface area contributed by atoms with Crippen LogP contribution in [0.4, 0.5) is 10.5 Å². The number of nitrogens with one attached hydrogen (secondary N) is 3. The van der Waals surface area contributed by atoms with Crippen molar-refractivity contribution >= 4 is 17.6 Å². The molecule has 2 aromatic rings. The highest BCUT2D eigenvalue weighted by Gasteiger charge is 2.46. The highest BCUT2D eigenvalue weighted by molar-refractivity contribution is 5.89. The van der Waals surface area contributed by atoms with Gasteiger partial charge in [-0.25, -0.2) is 4.79 Å². The van der Waals surface area contributed by atoms with Crippen LogP contribution >= 0.6 is 0 Å². The van der Waals surface area contributed by atoms with Gasteiger partial charge in [0.1, 0.15) is 18.0 Å². The molecular formula is C28H35N3O5. The summed E-state index contributed by atoms with van der Waals surface area (Å²) in [5.74, 6) is 0.619. The summed E-state index contributed by atoms with van der Waals surface area (Å²) < 4.78 is 12.2. The largest absolute Gasteiger partial charge is 0.487 e. The molecule has 1 aliphatic carbocycles. The van der Waals surface area contributed by atoms with Gasteiger partial charge in [-0.3, -0.25) is 4.79 Å². The molecule has 3 aliphatic rings. The summed E-state index contributed by atoms with van der Waals surface area (Å²) in [7, 11) is 0. The van der Waals surface area contributed by atoms with Gasteiger partial charge in [-0.2, -0.15) is 0 Å². The average molecular weight is 494 g/mol. The van der Waals surface area contributed by atoms with Crippen molar-refractivity contribution in [2.75, 3.05) is 11.9 Å². The maximum absolute atomic E-state index is 12.6. The summed E-state index contributed by atoms with van der Waals surface area (Å²) in [6.07, 6.45) is 5.24. The molecule has 192 valence electrons. The smallest absolute Gasteiger partial charge is 0.319 e. The third kappa shape index (κ3) is 5.82. The first-order valence-corrected chi connectivity index (χ1v) is 13.0. The van der Waals surface area contributed by atoms with Gasteiger partial charge in [0.2, 0.25) is 5.91 Å². The molecule has 0 radical (unpaired) electrons. The lowest BCUT2D eigenvalue weighted by Crippen LogP contribution is -2.47. The Balaban J connectivity index is 1.21. The fourth-order valence-corrected chi connectivity index (χ4v) is 5.64. The minimum absolute atomic E-state index is 0.0269. The van der Waals surface area contributed by atoms with Crippen molar-refractivity contribution in [3.8, 4) is 5.75 Å². The quantitative estimate of drug-likeness (QED) is 0.469. The lowest BCUT2D eigenvalue weighted by atomic mass is 9.84. The Morgan fingerprint density at radius 1 is 1.03 bits per heavy atom. The fraction of sp³-hybridized carbons (Fsp3) is 0.500. The van der Waals surface area contributed by atoms with Crippen molar-refractivity contribution in [2.24, 2.45) is 0 Å². The molecule has 2 heterocycles. The van der Waals surface area contributed by atoms with Crippen LogP contribution in [0.2, 0.25) is 0 Å². The molecule has 4 atom stereocenters. The van der Waals surface area contributed by atoms with Crippen LogP contribution in [-0.4, -0.2) is 48.0 Å². The molecule has 0 unspecified atom stereocenters. The molecule has 0 aromatic heterocycles. The van der Waals surface area contributed by atoms with E-state index in [1.165, 1.54) is 6.42 Å². The van der Waals surface area contributed by atoms with E-state index >= 15 is 0 Å². The van der Waals surface area contributed by atoms with E-state index in [4.69, 9.17) is 9.47 Å². The van der Waals surface area contributed by atoms with Crippen LogP contribution in [-0.2, 0) is 16.1 Å². The van der Waals surface area contributed by atoms with E-state index in [1.54, 1.807) is 0 Å². The first-order chi connectivity index (χ1) is 17.6. The summed E-state index contributed by atoms with van der Waals surface area (Å²) in [5.41, 5.74) is 2.72. The van der Waals surface area contributed by atoms with Crippen LogP contribution in [0, 0.1) is 0 Å². The van der Waals surface area contributed by atoms with Gasteiger partial charge < -0.3 is 30.5 Å². The van der Waals surface area contributed by atoms with Crippen molar-refractivity contribution in [1.82, 2.24) is 10.6 Å². The Hall–Kier alpha value is -3.10. The normalized spacial score (nSPS) is 25.2. The number of ether oxygens (including phenoxy) is 2. The number of anilines is 1. The van der Waals surface area contributed by atoms with Crippen molar-refractivity contribution in [2.45, 2.75) is 81.8 Å². The van der Waals surface area contributed by atoms with Gasteiger partial charge in [0.25, 0.3) is 0 Å². The van der Waals surface area contributed by atoms with Crippen molar-refractivity contribution < 1.29 is 24.2 Å². The Bertz CT molecular complexity index is 1060. The van der Waals surface area contributed by atoms with Crippen LogP contribution in [0.3, 0.4) is 0 Å². The second kappa shape index (κ2) is 11.3. The molecule has 0 bridgehead atoms. The van der Waals surface area contributed by atoms with E-state index in [0.29, 0.717) is 18.7 Å². The molecule has 0 spiro atoms. The molecule has 1 saturated carbocycles. The van der Waals surface area contributed by atoms with Gasteiger partial charge in [0, 0.05) is 29.8 Å². The van der Waals surface area contributed by atoms with Crippen LogP contribution in [0.1, 0.15) is 62.0 Å². The molecule has 2 fully saturated rings. The van der Waals surface area contributed by atoms with Gasteiger partial charge in [-0.05, 0) is 43.0 Å². The maximum atomic E-state index is 12.6. The van der Waals surface area contributed by atoms with Gasteiger partial charge in [-0.15, -0.1) is 0 Å². The Morgan fingerprint density at radius 2 is 1.83 bits per heavy atom. The molecular weight excluding hydrogens is 458 g/mol. The van der Waals surface area contributed by atoms with Crippen LogP contribution in [0.5, 0.6) is 5.75 Å². The molecule has 3 amide bonds. The number of hydrogen-bond acceptors (Lipinski definition) is 5. The molecule has 5 rings (SSSR count). The number of carbonyl (C=O) groups excluding carboxylic acids is 2. The number of urea groups is 1. The summed E-state index contributed by atoms with van der Waals surface area (Å²) in [6, 6.07) is 15.5. The fourth-order valence-electron chi connectivity index (χ4n) is 5.64. The molecule has 36 heavy (non-hydrogen) atoms. The molecule has 2 aromatic carbocycles. The molecule has 2 aliphatic heterocycles. The van der Waals surface area contributed by atoms with E-state index < -0.39 is 6.10 Å². The number of aliphatic hydroxyl groups is 1. The van der Waals surface area contributed by atoms with Crippen molar-refractivity contribution in [3.05, 3.63) is 59.7 Å². The zero-order valence-corrected chi connectivity index (χ0v) is 20.4. The number of amides is 3. The first-order valence-electron chi connectivity index (χ1n) is 13.0. The molecule has 1 saturated heterocycles. The minimum atomic E-state index is -0.519. The number of hydrogen-bond donors (Lipinski definition) is 4. The molecule has 8 nitrogen and oxygen atoms in total. The lowest BCUT2D eigenvalue weighted by Gasteiger charge is -2.37. The van der Waals surface area contributed by atoms with Gasteiger partial charge in [0.15, 0.2) is 0 Å². The Kier molecular flexibility index (Phi) is 7.72. The zero-order valence-electron chi connectivity index (χ0n) is 20.4. The summed E-state index contributed by atoms with van der Waals surface area (Å²) in [4.78, 5) is 25.2. The lowest BCUT2D eigenvalue weighted by molar-refractivity contribution is -0.142. The monoisotopic (exact) mass is 493 g/mol. The number of benzene rings is 2. The molecule has 4 N–H and O–H groups in total. The van der Waals surface area contributed by atoms with Crippen LogP contribution in [0.15, 0.2) is 48.5 Å². The van der Waals surface area contributed by atoms with E-state index in [9.17, 15) is 14.7 Å². The predicted octanol–water partition coefficient (Wildman–Crippen LogP) is 3.84. The summed E-state index contributed by atoms with van der Waals surface area (Å²) in [5, 5.41) is 19.0. The summed E-state index contributed by atoms with van der Waals surface area (Å²) in [6.45, 7) is 0.276. The third-order valence-electron chi connectivity index (χ3n) is 7.44. The second-order valence-corrected chi connectivity index (χ2v) is 10.1.